The van der Waals surface area contributed by atoms with Gasteiger partial charge in [-0.25, -0.2) is 0 Å². The second-order valence-corrected chi connectivity index (χ2v) is 5.03. The van der Waals surface area contributed by atoms with Crippen LogP contribution in [0.4, 0.5) is 11.4 Å². The van der Waals surface area contributed by atoms with E-state index < -0.39 is 16.8 Å². The number of benzene rings is 1. The lowest BCUT2D eigenvalue weighted by Crippen LogP contribution is -2.23. The van der Waals surface area contributed by atoms with Crippen molar-refractivity contribution in [1.29, 1.82) is 0 Å². The third-order valence-electron chi connectivity index (χ3n) is 3.80. The van der Waals surface area contributed by atoms with Gasteiger partial charge in [0, 0.05) is 19.3 Å². The van der Waals surface area contributed by atoms with E-state index in [1.807, 2.05) is 0 Å². The number of carboxylic acids is 1. The van der Waals surface area contributed by atoms with Gasteiger partial charge in [-0.3, -0.25) is 19.9 Å². The highest BCUT2D eigenvalue weighted by molar-refractivity contribution is 5.94. The van der Waals surface area contributed by atoms with Crippen LogP contribution in [0.15, 0.2) is 30.5 Å². The highest BCUT2D eigenvalue weighted by atomic mass is 16.6. The number of fused-ring (bicyclic) bond motifs is 1. The van der Waals surface area contributed by atoms with Gasteiger partial charge >= 0.3 is 11.7 Å². The van der Waals surface area contributed by atoms with Gasteiger partial charge in [-0.15, -0.1) is 0 Å². The Bertz CT molecular complexity index is 731. The quantitative estimate of drug-likeness (QED) is 0.685. The zero-order valence-corrected chi connectivity index (χ0v) is 11.1. The Balaban J connectivity index is 2.09. The lowest BCUT2D eigenvalue weighted by Gasteiger charge is -2.18. The van der Waals surface area contributed by atoms with Gasteiger partial charge in [-0.2, -0.15) is 0 Å². The first-order valence-corrected chi connectivity index (χ1v) is 6.58. The first-order chi connectivity index (χ1) is 10.1. The molecule has 3 rings (SSSR count). The molecule has 1 fully saturated rings. The number of carboxylic acid groups (broad SMARTS) is 1. The molecule has 0 saturated carbocycles. The smallest absolute Gasteiger partial charge is 0.308 e. The molecular weight excluding hydrogens is 274 g/mol. The van der Waals surface area contributed by atoms with Crippen LogP contribution in [0.1, 0.15) is 6.42 Å². The Kier molecular flexibility index (Phi) is 3.17. The van der Waals surface area contributed by atoms with E-state index in [9.17, 15) is 14.9 Å². The third kappa shape index (κ3) is 2.26. The first-order valence-electron chi connectivity index (χ1n) is 6.58. The van der Waals surface area contributed by atoms with Gasteiger partial charge in [0.15, 0.2) is 0 Å². The van der Waals surface area contributed by atoms with Gasteiger partial charge in [0.2, 0.25) is 0 Å². The van der Waals surface area contributed by atoms with E-state index in [0.29, 0.717) is 36.1 Å². The topological polar surface area (TPSA) is 96.6 Å². The van der Waals surface area contributed by atoms with Gasteiger partial charge < -0.3 is 10.0 Å². The number of aromatic nitrogens is 1. The van der Waals surface area contributed by atoms with Gasteiger partial charge in [-0.05, 0) is 30.7 Å². The van der Waals surface area contributed by atoms with Gasteiger partial charge in [0.1, 0.15) is 5.69 Å². The van der Waals surface area contributed by atoms with E-state index in [-0.39, 0.29) is 5.69 Å². The fourth-order valence-electron chi connectivity index (χ4n) is 2.75. The van der Waals surface area contributed by atoms with Crippen LogP contribution in [-0.2, 0) is 4.79 Å². The third-order valence-corrected chi connectivity index (χ3v) is 3.80. The molecule has 1 unspecified atom stereocenters. The summed E-state index contributed by atoms with van der Waals surface area (Å²) in [4.78, 5) is 27.9. The fraction of sp³-hybridized carbons (Fsp3) is 0.286. The second kappa shape index (κ2) is 5.01. The summed E-state index contributed by atoms with van der Waals surface area (Å²) < 4.78 is 0. The predicted octanol–water partition coefficient (Wildman–Crippen LogP) is 2.05. The lowest BCUT2D eigenvalue weighted by atomic mass is 10.1. The summed E-state index contributed by atoms with van der Waals surface area (Å²) in [5.74, 6) is -1.34. The van der Waals surface area contributed by atoms with E-state index in [2.05, 4.69) is 4.98 Å². The number of carbonyl (C=O) groups is 1. The van der Waals surface area contributed by atoms with Crippen LogP contribution in [0.3, 0.4) is 0 Å². The molecule has 0 radical (unpaired) electrons. The Hall–Kier alpha value is -2.70. The molecule has 1 aromatic heterocycles. The van der Waals surface area contributed by atoms with Gasteiger partial charge in [-0.1, -0.05) is 0 Å². The molecule has 1 saturated heterocycles. The molecule has 1 aliphatic heterocycles. The Morgan fingerprint density at radius 2 is 2.24 bits per heavy atom. The minimum atomic E-state index is -0.859. The van der Waals surface area contributed by atoms with Crippen molar-refractivity contribution in [3.05, 3.63) is 40.6 Å². The minimum Gasteiger partial charge on any atom is -0.481 e. The van der Waals surface area contributed by atoms with Crippen LogP contribution in [0.25, 0.3) is 10.9 Å². The summed E-state index contributed by atoms with van der Waals surface area (Å²) in [5.41, 5.74) is 1.01. The Labute approximate surface area is 120 Å². The summed E-state index contributed by atoms with van der Waals surface area (Å²) in [6.07, 6.45) is 2.08. The van der Waals surface area contributed by atoms with Crippen molar-refractivity contribution in [2.75, 3.05) is 18.0 Å². The molecule has 0 amide bonds. The van der Waals surface area contributed by atoms with Crippen LogP contribution in [0.2, 0.25) is 0 Å². The number of anilines is 1. The van der Waals surface area contributed by atoms with Crippen LogP contribution < -0.4 is 4.90 Å². The molecule has 1 atom stereocenters. The molecule has 7 nitrogen and oxygen atoms in total. The normalized spacial score (nSPS) is 18.1. The molecule has 2 aromatic rings. The lowest BCUT2D eigenvalue weighted by molar-refractivity contribution is -0.382. The number of nitrogens with zero attached hydrogens (tertiary/aromatic N) is 3. The van der Waals surface area contributed by atoms with Crippen molar-refractivity contribution in [3.8, 4) is 0 Å². The molecule has 1 N–H and O–H groups in total. The van der Waals surface area contributed by atoms with Crippen molar-refractivity contribution in [1.82, 2.24) is 4.98 Å². The monoisotopic (exact) mass is 287 g/mol. The van der Waals surface area contributed by atoms with Gasteiger partial charge in [0.05, 0.1) is 21.7 Å². The largest absolute Gasteiger partial charge is 0.481 e. The molecule has 1 aromatic carbocycles. The molecule has 0 bridgehead atoms. The zero-order chi connectivity index (χ0) is 15.0. The molecule has 108 valence electrons. The molecule has 2 heterocycles. The molecule has 0 spiro atoms. The average Bonchev–Trinajstić information content (AvgIpc) is 2.95. The predicted molar refractivity (Wildman–Crippen MR) is 76.4 cm³/mol. The summed E-state index contributed by atoms with van der Waals surface area (Å²) >= 11 is 0. The van der Waals surface area contributed by atoms with Crippen LogP contribution in [0, 0.1) is 16.0 Å². The molecule has 7 heteroatoms. The van der Waals surface area contributed by atoms with E-state index in [0.717, 1.165) is 0 Å². The van der Waals surface area contributed by atoms with E-state index in [1.165, 1.54) is 0 Å². The van der Waals surface area contributed by atoms with Crippen LogP contribution >= 0.6 is 0 Å². The molecular formula is C14H13N3O4. The maximum Gasteiger partial charge on any atom is 0.308 e. The minimum absolute atomic E-state index is 0.00774. The fourth-order valence-corrected chi connectivity index (χ4v) is 2.75. The van der Waals surface area contributed by atoms with Crippen LogP contribution in [-0.4, -0.2) is 34.1 Å². The highest BCUT2D eigenvalue weighted by Crippen LogP contribution is 2.37. The number of rotatable bonds is 3. The first kappa shape index (κ1) is 13.3. The Morgan fingerprint density at radius 1 is 1.43 bits per heavy atom. The SMILES string of the molecule is O=C(O)C1CCN(c2ccc3ncccc3c2[N+](=O)[O-])C1. The second-order valence-electron chi connectivity index (χ2n) is 5.03. The summed E-state index contributed by atoms with van der Waals surface area (Å²) in [6, 6.07) is 6.70. The van der Waals surface area contributed by atoms with Gasteiger partial charge in [0.25, 0.3) is 0 Å². The maximum atomic E-state index is 11.4. The zero-order valence-electron chi connectivity index (χ0n) is 11.1. The van der Waals surface area contributed by atoms with Crippen molar-refractivity contribution < 1.29 is 14.8 Å². The van der Waals surface area contributed by atoms with E-state index in [4.69, 9.17) is 5.11 Å². The summed E-state index contributed by atoms with van der Waals surface area (Å²) in [6.45, 7) is 0.797. The van der Waals surface area contributed by atoms with Crippen molar-refractivity contribution >= 4 is 28.2 Å². The molecule has 21 heavy (non-hydrogen) atoms. The van der Waals surface area contributed by atoms with E-state index in [1.54, 1.807) is 35.4 Å². The van der Waals surface area contributed by atoms with E-state index >= 15 is 0 Å². The highest BCUT2D eigenvalue weighted by Gasteiger charge is 2.32. The standard InChI is InChI=1S/C14H13N3O4/c18-14(19)9-5-7-16(8-9)12-4-3-11-10(2-1-6-15-11)13(12)17(20)21/h1-4,6,9H,5,7-8H2,(H,18,19). The van der Waals surface area contributed by atoms with Crippen LogP contribution in [0.5, 0.6) is 0 Å². The average molecular weight is 287 g/mol. The van der Waals surface area contributed by atoms with Crippen molar-refractivity contribution in [3.63, 3.8) is 0 Å². The number of aliphatic carboxylic acids is 1. The number of hydrogen-bond acceptors (Lipinski definition) is 5. The number of nitro groups is 1. The Morgan fingerprint density at radius 3 is 2.90 bits per heavy atom. The summed E-state index contributed by atoms with van der Waals surface area (Å²) in [7, 11) is 0. The van der Waals surface area contributed by atoms with Crippen molar-refractivity contribution in [2.45, 2.75) is 6.42 Å². The summed E-state index contributed by atoms with van der Waals surface area (Å²) in [5, 5.41) is 21.0. The number of hydrogen-bond donors (Lipinski definition) is 1. The molecule has 0 aliphatic carbocycles. The number of pyridine rings is 1. The van der Waals surface area contributed by atoms with Crippen molar-refractivity contribution in [2.24, 2.45) is 5.92 Å². The number of nitro benzene ring substituents is 1. The molecule has 1 aliphatic rings. The maximum absolute atomic E-state index is 11.4.